The molecule has 1 saturated heterocycles. The Morgan fingerprint density at radius 1 is 1.20 bits per heavy atom. The molecular weight excluding hydrogens is 619 g/mol. The van der Waals surface area contributed by atoms with Gasteiger partial charge in [0, 0.05) is 23.0 Å². The summed E-state index contributed by atoms with van der Waals surface area (Å²) < 4.78 is 48.0. The van der Waals surface area contributed by atoms with E-state index in [0.717, 1.165) is 0 Å². The number of nitrogens with two attached hydrogens (primary N) is 1. The summed E-state index contributed by atoms with van der Waals surface area (Å²) in [5.74, 6) is -0.563. The van der Waals surface area contributed by atoms with Crippen molar-refractivity contribution in [2.24, 2.45) is 21.2 Å². The first-order chi connectivity index (χ1) is 21.0. The molecule has 0 aliphatic carbocycles. The van der Waals surface area contributed by atoms with E-state index in [1.807, 2.05) is 0 Å². The molecule has 1 aliphatic heterocycles. The Hall–Kier alpha value is -4.75. The summed E-state index contributed by atoms with van der Waals surface area (Å²) in [4.78, 5) is 48.5. The standard InChI is InChI=1S/C26H24FN7O8P2/c1-29-33-32-24(28)22-9-4-16(12-30-22)20-8-7-18(11-21(20)27)34-13-19(42-26(34)36)14-41-25(35)31-17-5-2-15(3-6-17)10-23(43(37)38)44(39)40/h2-9,11-12,19,23H,10,13-14H2,1H3,(H3-2,28,29,31,32,35,37,38,39,40)/p+2/t19-/m1/s1. The minimum Gasteiger partial charge on any atom is -0.445 e. The van der Waals surface area contributed by atoms with E-state index in [1.54, 1.807) is 18.2 Å². The lowest BCUT2D eigenvalue weighted by atomic mass is 10.1. The molecule has 3 atom stereocenters. The van der Waals surface area contributed by atoms with Crippen LogP contribution in [0.25, 0.3) is 11.1 Å². The van der Waals surface area contributed by atoms with E-state index in [0.29, 0.717) is 22.5 Å². The van der Waals surface area contributed by atoms with Crippen LogP contribution in [0, 0.1) is 5.82 Å². The first-order valence-corrected chi connectivity index (χ1v) is 15.3. The number of nitrogens with zero attached hydrogens (tertiary/aromatic N) is 5. The predicted octanol–water partition coefficient (Wildman–Crippen LogP) is 4.50. The van der Waals surface area contributed by atoms with Gasteiger partial charge in [0.15, 0.2) is 11.9 Å². The Morgan fingerprint density at radius 3 is 2.55 bits per heavy atom. The van der Waals surface area contributed by atoms with Crippen molar-refractivity contribution in [1.82, 2.24) is 4.98 Å². The second kappa shape index (κ2) is 14.6. The number of ether oxygens (including phenoxy) is 2. The summed E-state index contributed by atoms with van der Waals surface area (Å²) >= 11 is 0. The van der Waals surface area contributed by atoms with Crippen LogP contribution >= 0.6 is 16.1 Å². The molecule has 2 aromatic carbocycles. The van der Waals surface area contributed by atoms with Crippen LogP contribution in [-0.2, 0) is 25.0 Å². The second-order valence-corrected chi connectivity index (χ2v) is 12.1. The van der Waals surface area contributed by atoms with E-state index in [1.165, 1.54) is 54.5 Å². The van der Waals surface area contributed by atoms with Crippen LogP contribution in [0.4, 0.5) is 25.4 Å². The molecule has 0 saturated carbocycles. The third-order valence-corrected chi connectivity index (χ3v) is 8.82. The van der Waals surface area contributed by atoms with Crippen LogP contribution in [0.15, 0.2) is 76.2 Å². The number of anilines is 2. The fourth-order valence-corrected chi connectivity index (χ4v) is 5.48. The van der Waals surface area contributed by atoms with E-state index >= 15 is 4.39 Å². The zero-order valence-corrected chi connectivity index (χ0v) is 24.8. The number of carbonyl (C=O) groups is 2. The molecule has 4 rings (SSSR count). The van der Waals surface area contributed by atoms with Gasteiger partial charge in [-0.15, -0.1) is 5.10 Å². The fraction of sp³-hybridized carbons (Fsp3) is 0.231. The molecule has 18 heteroatoms. The number of nitrogens with one attached hydrogen (secondary N) is 1. The average Bonchev–Trinajstić information content (AvgIpc) is 3.38. The maximum atomic E-state index is 15.0. The summed E-state index contributed by atoms with van der Waals surface area (Å²) in [6.07, 6.45) is -1.05. The summed E-state index contributed by atoms with van der Waals surface area (Å²) in [5.41, 5.74) is 7.91. The number of halogens is 1. The molecule has 1 aromatic heterocycles. The van der Waals surface area contributed by atoms with Crippen LogP contribution in [0.3, 0.4) is 0 Å². The van der Waals surface area contributed by atoms with Crippen LogP contribution in [0.1, 0.15) is 11.3 Å². The quantitative estimate of drug-likeness (QED) is 0.0752. The van der Waals surface area contributed by atoms with Gasteiger partial charge in [-0.25, -0.2) is 14.0 Å². The Balaban J connectivity index is 1.30. The van der Waals surface area contributed by atoms with Crippen molar-refractivity contribution in [2.75, 3.05) is 30.4 Å². The molecule has 44 heavy (non-hydrogen) atoms. The number of rotatable bonds is 11. The van der Waals surface area contributed by atoms with Gasteiger partial charge in [-0.1, -0.05) is 18.2 Å². The number of benzene rings is 2. The Labute approximate surface area is 251 Å². The largest absolute Gasteiger partial charge is 0.564 e. The lowest BCUT2D eigenvalue weighted by Gasteiger charge is -2.14. The van der Waals surface area contributed by atoms with E-state index in [2.05, 4.69) is 25.7 Å². The van der Waals surface area contributed by atoms with Crippen molar-refractivity contribution in [3.8, 4) is 11.1 Å². The molecule has 0 radical (unpaired) electrons. The van der Waals surface area contributed by atoms with Crippen molar-refractivity contribution in [3.05, 3.63) is 77.9 Å². The third kappa shape index (κ3) is 8.20. The molecule has 1 aliphatic rings. The van der Waals surface area contributed by atoms with Crippen LogP contribution in [-0.4, -0.2) is 64.5 Å². The van der Waals surface area contributed by atoms with Gasteiger partial charge in [-0.05, 0) is 56.3 Å². The van der Waals surface area contributed by atoms with Crippen molar-refractivity contribution < 1.29 is 42.4 Å². The van der Waals surface area contributed by atoms with Gasteiger partial charge in [0.25, 0.3) is 0 Å². The SMILES string of the molecule is CN=NN=C(N)c1ccc(-c2ccc(N3C[C@H](COC(=O)Nc4ccc(CC([P+](=O)O)[P+](=O)O)cc4)OC3=O)cc2F)cn1. The summed E-state index contributed by atoms with van der Waals surface area (Å²) in [5, 5.41) is 11.8. The molecule has 15 nitrogen and oxygen atoms in total. The molecule has 2 unspecified atom stereocenters. The van der Waals surface area contributed by atoms with E-state index in [9.17, 15) is 28.5 Å². The summed E-state index contributed by atoms with van der Waals surface area (Å²) in [6, 6.07) is 13.4. The molecule has 5 N–H and O–H groups in total. The van der Waals surface area contributed by atoms with E-state index in [-0.39, 0.29) is 36.7 Å². The van der Waals surface area contributed by atoms with Crippen molar-refractivity contribution in [2.45, 2.75) is 17.9 Å². The molecular formula is C26H26FN7O8P2+2. The number of amidine groups is 1. The normalized spacial score (nSPS) is 16.5. The molecule has 3 aromatic rings. The van der Waals surface area contributed by atoms with E-state index < -0.39 is 45.6 Å². The Morgan fingerprint density at radius 2 is 1.93 bits per heavy atom. The number of amides is 2. The van der Waals surface area contributed by atoms with Crippen LogP contribution in [0.5, 0.6) is 0 Å². The van der Waals surface area contributed by atoms with Gasteiger partial charge in [0.05, 0.1) is 25.7 Å². The highest BCUT2D eigenvalue weighted by Crippen LogP contribution is 2.41. The van der Waals surface area contributed by atoms with Crippen LogP contribution < -0.4 is 16.0 Å². The van der Waals surface area contributed by atoms with Crippen molar-refractivity contribution in [1.29, 1.82) is 0 Å². The van der Waals surface area contributed by atoms with Crippen molar-refractivity contribution in [3.63, 3.8) is 0 Å². The number of hydrogen-bond donors (Lipinski definition) is 4. The maximum absolute atomic E-state index is 15.0. The number of cyclic esters (lactones) is 1. The third-order valence-electron chi connectivity index (χ3n) is 6.25. The maximum Gasteiger partial charge on any atom is 0.564 e. The van der Waals surface area contributed by atoms with Gasteiger partial charge < -0.3 is 15.2 Å². The highest BCUT2D eigenvalue weighted by atomic mass is 31.2. The molecule has 1 fully saturated rings. The van der Waals surface area contributed by atoms with E-state index in [4.69, 9.17) is 15.2 Å². The monoisotopic (exact) mass is 645 g/mol. The topological polar surface area (TPSA) is 218 Å². The first kappa shape index (κ1) is 32.2. The van der Waals surface area contributed by atoms with Crippen molar-refractivity contribution >= 4 is 45.5 Å². The number of carbonyl (C=O) groups excluding carboxylic acids is 2. The highest BCUT2D eigenvalue weighted by Gasteiger charge is 2.47. The average molecular weight is 645 g/mol. The number of pyridine rings is 1. The minimum atomic E-state index is -2.84. The molecule has 0 spiro atoms. The molecule has 2 heterocycles. The van der Waals surface area contributed by atoms with Crippen LogP contribution in [0.2, 0.25) is 0 Å². The molecule has 0 bridgehead atoms. The molecule has 2 amide bonds. The Bertz CT molecular complexity index is 1610. The predicted molar refractivity (Wildman–Crippen MR) is 157 cm³/mol. The molecule has 228 valence electrons. The lowest BCUT2D eigenvalue weighted by Crippen LogP contribution is -2.27. The van der Waals surface area contributed by atoms with Gasteiger partial charge in [-0.2, -0.15) is 14.9 Å². The first-order valence-electron chi connectivity index (χ1n) is 12.8. The summed E-state index contributed by atoms with van der Waals surface area (Å²) in [6.45, 7) is -0.267. The van der Waals surface area contributed by atoms with Gasteiger partial charge in [0.2, 0.25) is 0 Å². The second-order valence-electron chi connectivity index (χ2n) is 9.20. The Kier molecular flexibility index (Phi) is 10.7. The van der Waals surface area contributed by atoms with Gasteiger partial charge >= 0.3 is 33.6 Å². The smallest absolute Gasteiger partial charge is 0.445 e. The number of hydrogen-bond acceptors (Lipinski definition) is 9. The van der Waals surface area contributed by atoms with Gasteiger partial charge in [-0.3, -0.25) is 15.2 Å². The highest BCUT2D eigenvalue weighted by molar-refractivity contribution is 7.57. The summed E-state index contributed by atoms with van der Waals surface area (Å²) in [7, 11) is -4.24. The number of aromatic nitrogens is 1. The lowest BCUT2D eigenvalue weighted by molar-refractivity contribution is 0.0798. The zero-order chi connectivity index (χ0) is 31.8. The van der Waals surface area contributed by atoms with Gasteiger partial charge in [0.1, 0.15) is 18.1 Å². The minimum absolute atomic E-state index is 0.00491. The fourth-order valence-electron chi connectivity index (χ4n) is 4.07. The zero-order valence-electron chi connectivity index (χ0n) is 23.0.